The first-order chi connectivity index (χ1) is 8.84. The number of rotatable bonds is 3. The third-order valence-electron chi connectivity index (χ3n) is 3.60. The van der Waals surface area contributed by atoms with Crippen molar-refractivity contribution in [3.63, 3.8) is 0 Å². The van der Waals surface area contributed by atoms with Crippen LogP contribution in [0.15, 0.2) is 29.6 Å². The average molecular weight is 259 g/mol. The maximum absolute atomic E-state index is 12.4. The molecule has 0 amide bonds. The minimum Gasteiger partial charge on any atom is -0.296 e. The van der Waals surface area contributed by atoms with E-state index in [0.717, 1.165) is 24.0 Å². The maximum Gasteiger partial charge on any atom is 0.178 e. The Morgan fingerprint density at radius 3 is 2.78 bits per heavy atom. The monoisotopic (exact) mass is 259 g/mol. The molecule has 3 rings (SSSR count). The van der Waals surface area contributed by atoms with E-state index >= 15 is 0 Å². The van der Waals surface area contributed by atoms with Crippen molar-refractivity contribution in [1.29, 1.82) is 0 Å². The highest BCUT2D eigenvalue weighted by atomic mass is 32.1. The van der Waals surface area contributed by atoms with Crippen molar-refractivity contribution in [1.82, 2.24) is 4.90 Å². The summed E-state index contributed by atoms with van der Waals surface area (Å²) in [5.74, 6) is 0.273. The van der Waals surface area contributed by atoms with E-state index in [1.165, 1.54) is 24.0 Å². The lowest BCUT2D eigenvalue weighted by atomic mass is 10.1. The molecule has 1 aliphatic rings. The summed E-state index contributed by atoms with van der Waals surface area (Å²) in [5.41, 5.74) is 0.904. The topological polar surface area (TPSA) is 20.3 Å². The summed E-state index contributed by atoms with van der Waals surface area (Å²) in [5, 5.41) is 3.13. The predicted octanol–water partition coefficient (Wildman–Crippen LogP) is 3.57. The number of nitrogens with zero attached hydrogens (tertiary/aromatic N) is 1. The van der Waals surface area contributed by atoms with Crippen LogP contribution in [0.1, 0.15) is 29.6 Å². The van der Waals surface area contributed by atoms with E-state index in [2.05, 4.69) is 17.0 Å². The molecular weight excluding hydrogens is 242 g/mol. The summed E-state index contributed by atoms with van der Waals surface area (Å²) in [4.78, 5) is 14.6. The quantitative estimate of drug-likeness (QED) is 0.785. The van der Waals surface area contributed by atoms with Gasteiger partial charge in [-0.25, -0.2) is 0 Å². The van der Waals surface area contributed by atoms with Gasteiger partial charge in [-0.3, -0.25) is 9.69 Å². The van der Waals surface area contributed by atoms with Crippen molar-refractivity contribution in [3.8, 4) is 0 Å². The zero-order chi connectivity index (χ0) is 12.4. The standard InChI is InChI=1S/C15H17NOS/c17-14(10-16-8-4-1-5-9-16)13-11-18-15-7-3-2-6-12(13)15/h2-3,6-7,11H,1,4-5,8-10H2. The highest BCUT2D eigenvalue weighted by Crippen LogP contribution is 2.26. The fourth-order valence-corrected chi connectivity index (χ4v) is 3.56. The van der Waals surface area contributed by atoms with Gasteiger partial charge in [0.15, 0.2) is 5.78 Å². The smallest absolute Gasteiger partial charge is 0.178 e. The Hall–Kier alpha value is -1.19. The van der Waals surface area contributed by atoms with Gasteiger partial charge in [-0.2, -0.15) is 0 Å². The van der Waals surface area contributed by atoms with Crippen LogP contribution in [0.4, 0.5) is 0 Å². The molecule has 1 aliphatic heterocycles. The molecule has 0 bridgehead atoms. The minimum atomic E-state index is 0.273. The first-order valence-electron chi connectivity index (χ1n) is 6.56. The molecule has 0 spiro atoms. The molecule has 0 atom stereocenters. The molecule has 0 saturated carbocycles. The summed E-state index contributed by atoms with van der Waals surface area (Å²) < 4.78 is 1.21. The van der Waals surface area contributed by atoms with Gasteiger partial charge < -0.3 is 0 Å². The lowest BCUT2D eigenvalue weighted by Gasteiger charge is -2.25. The zero-order valence-electron chi connectivity index (χ0n) is 10.4. The predicted molar refractivity (Wildman–Crippen MR) is 76.4 cm³/mol. The van der Waals surface area contributed by atoms with Crippen LogP contribution in [0.5, 0.6) is 0 Å². The van der Waals surface area contributed by atoms with Gasteiger partial charge in [-0.05, 0) is 32.0 Å². The van der Waals surface area contributed by atoms with Gasteiger partial charge >= 0.3 is 0 Å². The molecule has 0 unspecified atom stereocenters. The molecule has 1 saturated heterocycles. The fraction of sp³-hybridized carbons (Fsp3) is 0.400. The van der Waals surface area contributed by atoms with Gasteiger partial charge in [0.25, 0.3) is 0 Å². The number of carbonyl (C=O) groups excluding carboxylic acids is 1. The second kappa shape index (κ2) is 5.21. The first kappa shape index (κ1) is 11.9. The number of benzene rings is 1. The second-order valence-electron chi connectivity index (χ2n) is 4.91. The van der Waals surface area contributed by atoms with Crippen LogP contribution in [-0.2, 0) is 0 Å². The van der Waals surface area contributed by atoms with Crippen LogP contribution in [-0.4, -0.2) is 30.3 Å². The molecule has 2 aromatic rings. The van der Waals surface area contributed by atoms with Gasteiger partial charge in [0, 0.05) is 21.0 Å². The van der Waals surface area contributed by atoms with Crippen molar-refractivity contribution < 1.29 is 4.79 Å². The lowest BCUT2D eigenvalue weighted by molar-refractivity contribution is 0.0918. The molecule has 0 aliphatic carbocycles. The molecule has 3 heteroatoms. The van der Waals surface area contributed by atoms with Gasteiger partial charge in [0.2, 0.25) is 0 Å². The van der Waals surface area contributed by atoms with Crippen LogP contribution in [0.3, 0.4) is 0 Å². The van der Waals surface area contributed by atoms with Crippen LogP contribution >= 0.6 is 11.3 Å². The summed E-state index contributed by atoms with van der Waals surface area (Å²) in [7, 11) is 0. The van der Waals surface area contributed by atoms with Gasteiger partial charge in [-0.15, -0.1) is 11.3 Å². The normalized spacial score (nSPS) is 17.1. The Balaban J connectivity index is 1.79. The van der Waals surface area contributed by atoms with E-state index in [4.69, 9.17) is 0 Å². The molecule has 94 valence electrons. The average Bonchev–Trinajstić information content (AvgIpc) is 2.84. The number of fused-ring (bicyclic) bond motifs is 1. The van der Waals surface area contributed by atoms with E-state index in [1.54, 1.807) is 11.3 Å². The summed E-state index contributed by atoms with van der Waals surface area (Å²) >= 11 is 1.66. The van der Waals surface area contributed by atoms with Crippen LogP contribution in [0.2, 0.25) is 0 Å². The zero-order valence-corrected chi connectivity index (χ0v) is 11.2. The molecule has 1 aromatic carbocycles. The number of thiophene rings is 1. The highest BCUT2D eigenvalue weighted by Gasteiger charge is 2.17. The van der Waals surface area contributed by atoms with Crippen LogP contribution in [0.25, 0.3) is 10.1 Å². The van der Waals surface area contributed by atoms with Gasteiger partial charge in [-0.1, -0.05) is 24.6 Å². The molecule has 0 N–H and O–H groups in total. The van der Waals surface area contributed by atoms with Crippen LogP contribution in [0, 0.1) is 0 Å². The first-order valence-corrected chi connectivity index (χ1v) is 7.44. The van der Waals surface area contributed by atoms with Crippen molar-refractivity contribution in [2.75, 3.05) is 19.6 Å². The Morgan fingerprint density at radius 2 is 1.94 bits per heavy atom. The number of likely N-dealkylation sites (tertiary alicyclic amines) is 1. The molecule has 2 heterocycles. The molecule has 2 nitrogen and oxygen atoms in total. The number of carbonyl (C=O) groups is 1. The van der Waals surface area contributed by atoms with E-state index in [-0.39, 0.29) is 5.78 Å². The van der Waals surface area contributed by atoms with Gasteiger partial charge in [0.05, 0.1) is 6.54 Å². The summed E-state index contributed by atoms with van der Waals surface area (Å²) in [6, 6.07) is 8.16. The fourth-order valence-electron chi connectivity index (χ4n) is 2.60. The molecule has 1 aromatic heterocycles. The van der Waals surface area contributed by atoms with Crippen LogP contribution < -0.4 is 0 Å². The number of Topliss-reactive ketones (excluding diaryl/α,β-unsaturated/α-hetero) is 1. The SMILES string of the molecule is O=C(CN1CCCCC1)c1csc2ccccc12. The second-order valence-corrected chi connectivity index (χ2v) is 5.82. The van der Waals surface area contributed by atoms with E-state index in [9.17, 15) is 4.79 Å². The highest BCUT2D eigenvalue weighted by molar-refractivity contribution is 7.17. The lowest BCUT2D eigenvalue weighted by Crippen LogP contribution is -2.34. The Labute approximate surface area is 111 Å². The molecular formula is C15H17NOS. The number of piperidine rings is 1. The van der Waals surface area contributed by atoms with Crippen molar-refractivity contribution >= 4 is 27.2 Å². The minimum absolute atomic E-state index is 0.273. The van der Waals surface area contributed by atoms with E-state index in [1.807, 2.05) is 17.5 Å². The molecule has 1 fully saturated rings. The largest absolute Gasteiger partial charge is 0.296 e. The van der Waals surface area contributed by atoms with Gasteiger partial charge in [0.1, 0.15) is 0 Å². The molecule has 18 heavy (non-hydrogen) atoms. The Kier molecular flexibility index (Phi) is 3.43. The van der Waals surface area contributed by atoms with E-state index < -0.39 is 0 Å². The number of ketones is 1. The van der Waals surface area contributed by atoms with E-state index in [0.29, 0.717) is 6.54 Å². The maximum atomic E-state index is 12.4. The third kappa shape index (κ3) is 2.33. The number of hydrogen-bond donors (Lipinski definition) is 0. The Morgan fingerprint density at radius 1 is 1.17 bits per heavy atom. The van der Waals surface area contributed by atoms with Crippen molar-refractivity contribution in [2.24, 2.45) is 0 Å². The summed E-state index contributed by atoms with van der Waals surface area (Å²) in [6.07, 6.45) is 3.78. The summed E-state index contributed by atoms with van der Waals surface area (Å²) in [6.45, 7) is 2.74. The van der Waals surface area contributed by atoms with Crippen molar-refractivity contribution in [2.45, 2.75) is 19.3 Å². The van der Waals surface area contributed by atoms with Crippen molar-refractivity contribution in [3.05, 3.63) is 35.2 Å². The molecule has 0 radical (unpaired) electrons. The Bertz CT molecular complexity index is 554. The number of hydrogen-bond acceptors (Lipinski definition) is 3. The third-order valence-corrected chi connectivity index (χ3v) is 4.56.